The van der Waals surface area contributed by atoms with Crippen molar-refractivity contribution in [3.63, 3.8) is 0 Å². The molecule has 28 heavy (non-hydrogen) atoms. The first-order valence-corrected chi connectivity index (χ1v) is 9.27. The fraction of sp³-hybridized carbons (Fsp3) is 0.350. The number of benzene rings is 1. The van der Waals surface area contributed by atoms with Gasteiger partial charge >= 0.3 is 0 Å². The van der Waals surface area contributed by atoms with Gasteiger partial charge < -0.3 is 5.32 Å². The van der Waals surface area contributed by atoms with Crippen LogP contribution in [0.15, 0.2) is 47.6 Å². The number of amidine groups is 1. The lowest BCUT2D eigenvalue weighted by atomic mass is 10.0. The Morgan fingerprint density at radius 1 is 1.32 bits per heavy atom. The first kappa shape index (κ1) is 18.5. The molecule has 146 valence electrons. The first-order chi connectivity index (χ1) is 13.5. The van der Waals surface area contributed by atoms with Crippen LogP contribution in [0.2, 0.25) is 0 Å². The molecule has 1 amide bonds. The molecule has 1 spiro atoms. The number of likely N-dealkylation sites (tertiary alicyclic amines) is 1. The van der Waals surface area contributed by atoms with E-state index in [-0.39, 0.29) is 18.3 Å². The molecule has 0 atom stereocenters. The van der Waals surface area contributed by atoms with Gasteiger partial charge in [-0.1, -0.05) is 12.1 Å². The van der Waals surface area contributed by atoms with E-state index in [0.29, 0.717) is 37.5 Å². The molecular formula is C20H22FN5O2. The van der Waals surface area contributed by atoms with E-state index in [0.717, 1.165) is 11.3 Å². The van der Waals surface area contributed by atoms with E-state index in [1.807, 2.05) is 30.0 Å². The van der Waals surface area contributed by atoms with Crippen molar-refractivity contribution in [1.82, 2.24) is 15.4 Å². The van der Waals surface area contributed by atoms with Crippen LogP contribution in [0.1, 0.15) is 24.1 Å². The Morgan fingerprint density at radius 3 is 2.89 bits per heavy atom. The highest BCUT2D eigenvalue weighted by molar-refractivity contribution is 5.97. The number of aromatic nitrogens is 1. The molecule has 2 N–H and O–H groups in total. The molecule has 3 heterocycles. The minimum Gasteiger partial charge on any atom is -0.325 e. The first-order valence-electron chi connectivity index (χ1n) is 9.27. The van der Waals surface area contributed by atoms with E-state index in [4.69, 9.17) is 9.83 Å². The quantitative estimate of drug-likeness (QED) is 0.847. The molecule has 1 aromatic heterocycles. The number of nitrogens with one attached hydrogen (secondary N) is 2. The predicted molar refractivity (Wildman–Crippen MR) is 103 cm³/mol. The van der Waals surface area contributed by atoms with Crippen molar-refractivity contribution in [1.29, 1.82) is 0 Å². The lowest BCUT2D eigenvalue weighted by molar-refractivity contribution is -0.120. The highest BCUT2D eigenvalue weighted by Crippen LogP contribution is 2.30. The summed E-state index contributed by atoms with van der Waals surface area (Å²) < 4.78 is 13.4. The van der Waals surface area contributed by atoms with Crippen molar-refractivity contribution >= 4 is 17.4 Å². The van der Waals surface area contributed by atoms with E-state index in [1.165, 1.54) is 12.1 Å². The summed E-state index contributed by atoms with van der Waals surface area (Å²) in [6.07, 6.45) is 3.05. The van der Waals surface area contributed by atoms with Gasteiger partial charge in [-0.3, -0.25) is 14.7 Å². The molecule has 0 saturated carbocycles. The van der Waals surface area contributed by atoms with E-state index >= 15 is 0 Å². The molecule has 0 unspecified atom stereocenters. The Morgan fingerprint density at radius 2 is 2.14 bits per heavy atom. The molecule has 8 heteroatoms. The molecule has 0 radical (unpaired) electrons. The average molecular weight is 383 g/mol. The highest BCUT2D eigenvalue weighted by atomic mass is 19.1. The summed E-state index contributed by atoms with van der Waals surface area (Å²) in [5, 5.41) is 2.79. The molecule has 1 fully saturated rings. The van der Waals surface area contributed by atoms with Gasteiger partial charge in [-0.2, -0.15) is 0 Å². The number of anilines is 1. The molecule has 7 nitrogen and oxygen atoms in total. The monoisotopic (exact) mass is 383 g/mol. The number of nitrogens with zero attached hydrogens (tertiary/aromatic N) is 3. The second kappa shape index (κ2) is 7.65. The third-order valence-corrected chi connectivity index (χ3v) is 5.04. The van der Waals surface area contributed by atoms with E-state index in [9.17, 15) is 9.18 Å². The van der Waals surface area contributed by atoms with Crippen LogP contribution in [0, 0.1) is 12.7 Å². The number of amides is 1. The third kappa shape index (κ3) is 4.02. The van der Waals surface area contributed by atoms with Gasteiger partial charge in [0, 0.05) is 37.8 Å². The van der Waals surface area contributed by atoms with Crippen LogP contribution in [-0.4, -0.2) is 47.0 Å². The normalized spacial score (nSPS) is 18.6. The largest absolute Gasteiger partial charge is 0.325 e. The van der Waals surface area contributed by atoms with Gasteiger partial charge in [-0.15, -0.1) is 0 Å². The lowest BCUT2D eigenvalue weighted by Crippen LogP contribution is -2.46. The van der Waals surface area contributed by atoms with Gasteiger partial charge in [0.1, 0.15) is 11.5 Å². The predicted octanol–water partition coefficient (Wildman–Crippen LogP) is 2.24. The molecule has 0 aliphatic carbocycles. The minimum absolute atomic E-state index is 0.159. The summed E-state index contributed by atoms with van der Waals surface area (Å²) in [6, 6.07) is 10.00. The molecule has 0 bridgehead atoms. The fourth-order valence-electron chi connectivity index (χ4n) is 3.40. The number of hydrogen-bond donors (Lipinski definition) is 2. The number of piperidine rings is 1. The number of hydroxylamine groups is 1. The van der Waals surface area contributed by atoms with E-state index in [1.54, 1.807) is 12.3 Å². The maximum atomic E-state index is 13.4. The Balaban J connectivity index is 1.33. The number of carbonyl (C=O) groups excluding carboxylic acids is 1. The van der Waals surface area contributed by atoms with Gasteiger partial charge in [0.15, 0.2) is 11.6 Å². The van der Waals surface area contributed by atoms with Gasteiger partial charge in [0.2, 0.25) is 5.91 Å². The second-order valence-electron chi connectivity index (χ2n) is 7.11. The third-order valence-electron chi connectivity index (χ3n) is 5.04. The summed E-state index contributed by atoms with van der Waals surface area (Å²) in [6.45, 7) is 3.43. The molecule has 1 aromatic carbocycles. The van der Waals surface area contributed by atoms with Gasteiger partial charge in [-0.05, 0) is 36.8 Å². The minimum atomic E-state index is -0.612. The van der Waals surface area contributed by atoms with Crippen LogP contribution in [0.4, 0.5) is 10.1 Å². The van der Waals surface area contributed by atoms with Gasteiger partial charge in [0.05, 0.1) is 6.54 Å². The Bertz CT molecular complexity index is 895. The van der Waals surface area contributed by atoms with Crippen LogP contribution < -0.4 is 10.8 Å². The SMILES string of the molecule is Cc1ccc(F)cc1NC(=O)CN1CCC2(CC1)N=C(c1ccccn1)NO2. The maximum Gasteiger partial charge on any atom is 0.238 e. The summed E-state index contributed by atoms with van der Waals surface area (Å²) in [5.74, 6) is 0.106. The van der Waals surface area contributed by atoms with Crippen molar-refractivity contribution in [2.45, 2.75) is 25.5 Å². The smallest absolute Gasteiger partial charge is 0.238 e. The Labute approximate surface area is 162 Å². The average Bonchev–Trinajstić information content (AvgIpc) is 3.11. The van der Waals surface area contributed by atoms with Crippen molar-refractivity contribution in [2.75, 3.05) is 25.0 Å². The standard InChI is InChI=1S/C20H22FN5O2/c1-14-5-6-15(21)12-17(14)23-18(27)13-26-10-7-20(8-11-26)24-19(25-28-20)16-4-2-3-9-22-16/h2-6,9,12H,7-8,10-11,13H2,1H3,(H,23,27)(H,24,25). The summed E-state index contributed by atoms with van der Waals surface area (Å²) in [5.41, 5.74) is 4.35. The number of aliphatic imine (C=N–C) groups is 1. The van der Waals surface area contributed by atoms with Crippen molar-refractivity contribution in [2.24, 2.45) is 4.99 Å². The number of carbonyl (C=O) groups is 1. The zero-order valence-electron chi connectivity index (χ0n) is 15.6. The molecule has 2 aromatic rings. The zero-order chi connectivity index (χ0) is 19.6. The lowest BCUT2D eigenvalue weighted by Gasteiger charge is -2.35. The zero-order valence-corrected chi connectivity index (χ0v) is 15.6. The summed E-state index contributed by atoms with van der Waals surface area (Å²) >= 11 is 0. The number of hydrogen-bond acceptors (Lipinski definition) is 6. The van der Waals surface area contributed by atoms with Crippen LogP contribution in [-0.2, 0) is 9.63 Å². The molecule has 2 aliphatic heterocycles. The van der Waals surface area contributed by atoms with Crippen molar-refractivity contribution in [3.05, 3.63) is 59.7 Å². The number of aryl methyl sites for hydroxylation is 1. The Kier molecular flexibility index (Phi) is 5.06. The molecule has 2 aliphatic rings. The maximum absolute atomic E-state index is 13.4. The van der Waals surface area contributed by atoms with Crippen LogP contribution >= 0.6 is 0 Å². The number of pyridine rings is 1. The van der Waals surface area contributed by atoms with Crippen LogP contribution in [0.3, 0.4) is 0 Å². The fourth-order valence-corrected chi connectivity index (χ4v) is 3.40. The van der Waals surface area contributed by atoms with E-state index < -0.39 is 5.72 Å². The van der Waals surface area contributed by atoms with Crippen molar-refractivity contribution in [3.8, 4) is 0 Å². The van der Waals surface area contributed by atoms with Crippen LogP contribution in [0.25, 0.3) is 0 Å². The highest BCUT2D eigenvalue weighted by Gasteiger charge is 2.40. The summed E-state index contributed by atoms with van der Waals surface area (Å²) in [7, 11) is 0. The molecular weight excluding hydrogens is 361 g/mol. The van der Waals surface area contributed by atoms with Crippen LogP contribution in [0.5, 0.6) is 0 Å². The second-order valence-corrected chi connectivity index (χ2v) is 7.11. The molecule has 1 saturated heterocycles. The number of halogens is 1. The van der Waals surface area contributed by atoms with Crippen molar-refractivity contribution < 1.29 is 14.0 Å². The van der Waals surface area contributed by atoms with Gasteiger partial charge in [-0.25, -0.2) is 19.7 Å². The summed E-state index contributed by atoms with van der Waals surface area (Å²) in [4.78, 5) is 29.1. The van der Waals surface area contributed by atoms with E-state index in [2.05, 4.69) is 15.8 Å². The number of rotatable bonds is 4. The topological polar surface area (TPSA) is 78.9 Å². The Hall–Kier alpha value is -2.84. The van der Waals surface area contributed by atoms with Gasteiger partial charge in [0.25, 0.3) is 0 Å². The molecule has 4 rings (SSSR count).